The first-order chi connectivity index (χ1) is 3.84. The van der Waals surface area contributed by atoms with Crippen LogP contribution in [0.2, 0.25) is 0 Å². The molecule has 8 heavy (non-hydrogen) atoms. The summed E-state index contributed by atoms with van der Waals surface area (Å²) in [6, 6.07) is 0. The standard InChI is InChI=1S/C3H7IN4/c4-8-2-1-6-3(8)7-5/h1-2,5H2,(H,6,7). The zero-order valence-electron chi connectivity index (χ0n) is 4.26. The van der Waals surface area contributed by atoms with E-state index in [2.05, 4.69) is 33.3 Å². The molecule has 4 nitrogen and oxygen atoms in total. The Bertz CT molecular complexity index is 112. The van der Waals surface area contributed by atoms with Crippen molar-refractivity contribution in [3.63, 3.8) is 0 Å². The molecule has 0 spiro atoms. The third-order valence-electron chi connectivity index (χ3n) is 0.917. The fourth-order valence-corrected chi connectivity index (χ4v) is 1.05. The maximum atomic E-state index is 5.10. The lowest BCUT2D eigenvalue weighted by atomic mass is 10.7. The lowest BCUT2D eigenvalue weighted by molar-refractivity contribution is 0.750. The highest BCUT2D eigenvalue weighted by molar-refractivity contribution is 14.1. The van der Waals surface area contributed by atoms with Crippen molar-refractivity contribution in [2.75, 3.05) is 13.1 Å². The molecule has 3 N–H and O–H groups in total. The maximum Gasteiger partial charge on any atom is 0.217 e. The molecule has 0 aromatic carbocycles. The van der Waals surface area contributed by atoms with Gasteiger partial charge in [-0.2, -0.15) is 0 Å². The number of guanidine groups is 1. The zero-order valence-corrected chi connectivity index (χ0v) is 6.42. The van der Waals surface area contributed by atoms with Crippen LogP contribution in [0.4, 0.5) is 0 Å². The van der Waals surface area contributed by atoms with Gasteiger partial charge in [0.25, 0.3) is 0 Å². The van der Waals surface area contributed by atoms with E-state index in [0.29, 0.717) is 0 Å². The summed E-state index contributed by atoms with van der Waals surface area (Å²) >= 11 is 2.15. The normalized spacial score (nSPS) is 18.8. The van der Waals surface area contributed by atoms with Gasteiger partial charge < -0.3 is 0 Å². The third kappa shape index (κ3) is 1.03. The van der Waals surface area contributed by atoms with Gasteiger partial charge in [0.15, 0.2) is 0 Å². The molecular weight excluding hydrogens is 219 g/mol. The molecule has 0 aromatic rings. The quantitative estimate of drug-likeness (QED) is 0.253. The van der Waals surface area contributed by atoms with Crippen molar-refractivity contribution in [1.29, 1.82) is 0 Å². The molecule has 0 saturated heterocycles. The van der Waals surface area contributed by atoms with Crippen molar-refractivity contribution >= 4 is 28.8 Å². The summed E-state index contributed by atoms with van der Waals surface area (Å²) in [7, 11) is 0. The predicted molar refractivity (Wildman–Crippen MR) is 40.4 cm³/mol. The average Bonchev–Trinajstić information content (AvgIpc) is 2.14. The van der Waals surface area contributed by atoms with Gasteiger partial charge in [0.1, 0.15) is 0 Å². The van der Waals surface area contributed by atoms with Gasteiger partial charge in [0.2, 0.25) is 5.96 Å². The smallest absolute Gasteiger partial charge is 0.217 e. The second kappa shape index (κ2) is 2.49. The monoisotopic (exact) mass is 226 g/mol. The minimum absolute atomic E-state index is 0.769. The molecule has 0 amide bonds. The molecule has 5 heteroatoms. The van der Waals surface area contributed by atoms with Gasteiger partial charge >= 0.3 is 0 Å². The van der Waals surface area contributed by atoms with Crippen LogP contribution in [0.25, 0.3) is 0 Å². The van der Waals surface area contributed by atoms with Gasteiger partial charge in [-0.3, -0.25) is 8.54 Å². The van der Waals surface area contributed by atoms with E-state index in [1.54, 1.807) is 0 Å². The first kappa shape index (κ1) is 6.09. The molecule has 0 radical (unpaired) electrons. The molecular formula is C3H7IN4. The van der Waals surface area contributed by atoms with E-state index in [9.17, 15) is 0 Å². The molecule has 0 unspecified atom stereocenters. The van der Waals surface area contributed by atoms with Crippen LogP contribution in [0, 0.1) is 0 Å². The van der Waals surface area contributed by atoms with Gasteiger partial charge in [0, 0.05) is 0 Å². The topological polar surface area (TPSA) is 53.6 Å². The van der Waals surface area contributed by atoms with E-state index >= 15 is 0 Å². The molecule has 0 aliphatic carbocycles. The highest BCUT2D eigenvalue weighted by Gasteiger charge is 2.10. The van der Waals surface area contributed by atoms with E-state index < -0.39 is 0 Å². The number of nitrogens with two attached hydrogens (primary N) is 1. The van der Waals surface area contributed by atoms with Gasteiger partial charge in [0.05, 0.1) is 36.0 Å². The number of nitrogens with one attached hydrogen (secondary N) is 1. The van der Waals surface area contributed by atoms with Crippen LogP contribution >= 0.6 is 22.9 Å². The van der Waals surface area contributed by atoms with E-state index in [1.807, 2.05) is 3.11 Å². The second-order valence-electron chi connectivity index (χ2n) is 1.44. The number of hydrogen-bond acceptors (Lipinski definition) is 4. The van der Waals surface area contributed by atoms with Crippen molar-refractivity contribution in [3.8, 4) is 0 Å². The Morgan fingerprint density at radius 2 is 2.62 bits per heavy atom. The summed E-state index contributed by atoms with van der Waals surface area (Å²) in [6.07, 6.45) is 0. The lowest BCUT2D eigenvalue weighted by Gasteiger charge is -2.07. The van der Waals surface area contributed by atoms with Crippen LogP contribution in [0.1, 0.15) is 0 Å². The average molecular weight is 226 g/mol. The first-order valence-corrected chi connectivity index (χ1v) is 3.25. The van der Waals surface area contributed by atoms with Crippen molar-refractivity contribution in [1.82, 2.24) is 8.54 Å². The number of nitrogens with zero attached hydrogens (tertiary/aromatic N) is 2. The summed E-state index contributed by atoms with van der Waals surface area (Å²) in [5.74, 6) is 5.87. The van der Waals surface area contributed by atoms with Crippen molar-refractivity contribution in [2.45, 2.75) is 0 Å². The van der Waals surface area contributed by atoms with Crippen LogP contribution < -0.4 is 11.3 Å². The summed E-state index contributed by atoms with van der Waals surface area (Å²) in [4.78, 5) is 4.03. The van der Waals surface area contributed by atoms with Crippen molar-refractivity contribution in [3.05, 3.63) is 0 Å². The predicted octanol–water partition coefficient (Wildman–Crippen LogP) is -0.529. The first-order valence-electron chi connectivity index (χ1n) is 2.29. The molecule has 1 aliphatic heterocycles. The second-order valence-corrected chi connectivity index (χ2v) is 2.60. The fourth-order valence-electron chi connectivity index (χ4n) is 0.542. The molecule has 0 aromatic heterocycles. The third-order valence-corrected chi connectivity index (χ3v) is 1.86. The van der Waals surface area contributed by atoms with E-state index in [-0.39, 0.29) is 0 Å². The van der Waals surface area contributed by atoms with Crippen molar-refractivity contribution in [2.24, 2.45) is 10.8 Å². The van der Waals surface area contributed by atoms with Gasteiger partial charge in [-0.1, -0.05) is 0 Å². The van der Waals surface area contributed by atoms with E-state index in [0.717, 1.165) is 19.0 Å². The molecule has 1 rings (SSSR count). The molecule has 1 heterocycles. The number of aliphatic imine (C=N–C) groups is 1. The van der Waals surface area contributed by atoms with Crippen LogP contribution in [0.15, 0.2) is 4.99 Å². The fraction of sp³-hybridized carbons (Fsp3) is 0.667. The SMILES string of the molecule is NNC1=NCCN1I. The molecule has 0 fully saturated rings. The van der Waals surface area contributed by atoms with Gasteiger partial charge in [-0.15, -0.1) is 0 Å². The largest absolute Gasteiger partial charge is 0.294 e. The highest BCUT2D eigenvalue weighted by atomic mass is 127. The highest BCUT2D eigenvalue weighted by Crippen LogP contribution is 2.03. The van der Waals surface area contributed by atoms with Crippen LogP contribution in [-0.4, -0.2) is 22.2 Å². The molecule has 0 bridgehead atoms. The summed E-state index contributed by atoms with van der Waals surface area (Å²) in [6.45, 7) is 1.81. The number of halogens is 1. The van der Waals surface area contributed by atoms with Crippen LogP contribution in [0.3, 0.4) is 0 Å². The lowest BCUT2D eigenvalue weighted by Crippen LogP contribution is -2.36. The Morgan fingerprint density at radius 1 is 1.88 bits per heavy atom. The number of hydrogen-bond donors (Lipinski definition) is 2. The Morgan fingerprint density at radius 3 is 2.88 bits per heavy atom. The van der Waals surface area contributed by atoms with Crippen LogP contribution in [0.5, 0.6) is 0 Å². The van der Waals surface area contributed by atoms with E-state index in [1.165, 1.54) is 0 Å². The van der Waals surface area contributed by atoms with Gasteiger partial charge in [-0.25, -0.2) is 10.8 Å². The zero-order chi connectivity index (χ0) is 5.98. The Hall–Kier alpha value is -0.0400. The summed E-state index contributed by atoms with van der Waals surface area (Å²) in [5, 5.41) is 0. The minimum Gasteiger partial charge on any atom is -0.294 e. The number of hydrazine groups is 1. The summed E-state index contributed by atoms with van der Waals surface area (Å²) < 4.78 is 1.94. The Kier molecular flexibility index (Phi) is 1.90. The maximum absolute atomic E-state index is 5.10. The molecule has 46 valence electrons. The molecule has 0 atom stereocenters. The number of rotatable bonds is 0. The summed E-state index contributed by atoms with van der Waals surface area (Å²) in [5.41, 5.74) is 2.48. The van der Waals surface area contributed by atoms with E-state index in [4.69, 9.17) is 5.84 Å². The van der Waals surface area contributed by atoms with Gasteiger partial charge in [-0.05, 0) is 0 Å². The van der Waals surface area contributed by atoms with Crippen molar-refractivity contribution < 1.29 is 0 Å². The molecule has 0 saturated carbocycles. The Balaban J connectivity index is 2.49. The molecule has 1 aliphatic rings. The minimum atomic E-state index is 0.769. The Labute approximate surface area is 61.6 Å². The van der Waals surface area contributed by atoms with Crippen LogP contribution in [-0.2, 0) is 0 Å².